The average Bonchev–Trinajstić information content (AvgIpc) is 2.91. The molecule has 3 amide bonds. The zero-order valence-electron chi connectivity index (χ0n) is 10.5. The molecule has 1 aliphatic heterocycles. The highest BCUT2D eigenvalue weighted by Crippen LogP contribution is 2.24. The third kappa shape index (κ3) is 3.49. The molecule has 1 saturated heterocycles. The number of urea groups is 1. The van der Waals surface area contributed by atoms with Crippen molar-refractivity contribution in [2.24, 2.45) is 5.73 Å². The first-order chi connectivity index (χ1) is 9.08. The molecular weight excluding hydrogens is 268 g/mol. The van der Waals surface area contributed by atoms with E-state index in [1.54, 1.807) is 13.1 Å². The Morgan fingerprint density at radius 1 is 1.68 bits per heavy atom. The van der Waals surface area contributed by atoms with Crippen molar-refractivity contribution >= 4 is 23.3 Å². The standard InChI is InChI=1S/C11H16N4O3S/c1-7(9(16)14-11(12)17)15-3-4-18-8(6-15)10-13-2-5-19-10/h2,5,7-8H,3-4,6H2,1H3,(H3,12,14,16,17)/t7-,8+/m1/s1. The maximum atomic E-state index is 11.7. The van der Waals surface area contributed by atoms with Gasteiger partial charge in [0.05, 0.1) is 12.6 Å². The van der Waals surface area contributed by atoms with Crippen LogP contribution in [0.15, 0.2) is 11.6 Å². The summed E-state index contributed by atoms with van der Waals surface area (Å²) in [5.74, 6) is -0.396. The highest BCUT2D eigenvalue weighted by atomic mass is 32.1. The van der Waals surface area contributed by atoms with Gasteiger partial charge in [-0.25, -0.2) is 9.78 Å². The molecule has 0 aromatic carbocycles. The number of carbonyl (C=O) groups is 2. The van der Waals surface area contributed by atoms with Gasteiger partial charge in [0.2, 0.25) is 5.91 Å². The van der Waals surface area contributed by atoms with Gasteiger partial charge >= 0.3 is 6.03 Å². The van der Waals surface area contributed by atoms with Crippen LogP contribution in [0.1, 0.15) is 18.0 Å². The Morgan fingerprint density at radius 3 is 3.11 bits per heavy atom. The number of primary amides is 1. The van der Waals surface area contributed by atoms with E-state index < -0.39 is 18.0 Å². The molecule has 2 atom stereocenters. The van der Waals surface area contributed by atoms with Crippen molar-refractivity contribution in [3.05, 3.63) is 16.6 Å². The lowest BCUT2D eigenvalue weighted by molar-refractivity contribution is -0.128. The number of ether oxygens (including phenoxy) is 1. The number of hydrogen-bond donors (Lipinski definition) is 2. The fourth-order valence-corrected chi connectivity index (χ4v) is 2.63. The average molecular weight is 284 g/mol. The molecule has 19 heavy (non-hydrogen) atoms. The molecule has 8 heteroatoms. The van der Waals surface area contributed by atoms with Crippen molar-refractivity contribution in [2.45, 2.75) is 19.1 Å². The van der Waals surface area contributed by atoms with Gasteiger partial charge < -0.3 is 10.5 Å². The number of nitrogens with one attached hydrogen (secondary N) is 1. The number of rotatable bonds is 3. The first-order valence-electron chi connectivity index (χ1n) is 5.93. The van der Waals surface area contributed by atoms with Crippen LogP contribution in [-0.2, 0) is 9.53 Å². The van der Waals surface area contributed by atoms with Gasteiger partial charge in [0.25, 0.3) is 0 Å². The molecule has 0 radical (unpaired) electrons. The van der Waals surface area contributed by atoms with E-state index >= 15 is 0 Å². The fourth-order valence-electron chi connectivity index (χ4n) is 1.96. The number of thiazole rings is 1. The largest absolute Gasteiger partial charge is 0.368 e. The SMILES string of the molecule is C[C@H](C(=O)NC(N)=O)N1CCO[C@H](c2nccs2)C1. The minimum Gasteiger partial charge on any atom is -0.368 e. The molecule has 0 bridgehead atoms. The van der Waals surface area contributed by atoms with Gasteiger partial charge in [0, 0.05) is 24.7 Å². The summed E-state index contributed by atoms with van der Waals surface area (Å²) in [6.45, 7) is 3.47. The monoisotopic (exact) mass is 284 g/mol. The van der Waals surface area contributed by atoms with Crippen LogP contribution in [-0.4, -0.2) is 47.6 Å². The third-order valence-corrected chi connectivity index (χ3v) is 3.87. The molecule has 0 spiro atoms. The molecule has 0 saturated carbocycles. The number of aromatic nitrogens is 1. The van der Waals surface area contributed by atoms with E-state index in [2.05, 4.69) is 10.3 Å². The van der Waals surface area contributed by atoms with E-state index in [-0.39, 0.29) is 6.10 Å². The summed E-state index contributed by atoms with van der Waals surface area (Å²) in [7, 11) is 0. The van der Waals surface area contributed by atoms with E-state index in [9.17, 15) is 9.59 Å². The first kappa shape index (κ1) is 13.9. The van der Waals surface area contributed by atoms with Crippen LogP contribution >= 0.6 is 11.3 Å². The number of nitrogens with two attached hydrogens (primary N) is 1. The summed E-state index contributed by atoms with van der Waals surface area (Å²) < 4.78 is 5.65. The normalized spacial score (nSPS) is 21.8. The maximum Gasteiger partial charge on any atom is 0.318 e. The molecular formula is C11H16N4O3S. The number of nitrogens with zero attached hydrogens (tertiary/aromatic N) is 2. The Morgan fingerprint density at radius 2 is 2.47 bits per heavy atom. The molecule has 3 N–H and O–H groups in total. The highest BCUT2D eigenvalue weighted by Gasteiger charge is 2.30. The van der Waals surface area contributed by atoms with Crippen LogP contribution in [0, 0.1) is 0 Å². The van der Waals surface area contributed by atoms with E-state index in [0.717, 1.165) is 5.01 Å². The molecule has 1 aliphatic rings. The fraction of sp³-hybridized carbons (Fsp3) is 0.545. The van der Waals surface area contributed by atoms with Crippen LogP contribution in [0.5, 0.6) is 0 Å². The lowest BCUT2D eigenvalue weighted by atomic mass is 10.2. The van der Waals surface area contributed by atoms with Crippen molar-refractivity contribution in [1.29, 1.82) is 0 Å². The molecule has 0 unspecified atom stereocenters. The molecule has 2 rings (SSSR count). The molecule has 0 aliphatic carbocycles. The quantitative estimate of drug-likeness (QED) is 0.820. The van der Waals surface area contributed by atoms with E-state index in [1.807, 2.05) is 10.3 Å². The van der Waals surface area contributed by atoms with Gasteiger partial charge in [0.15, 0.2) is 0 Å². The first-order valence-corrected chi connectivity index (χ1v) is 6.81. The number of hydrogen-bond acceptors (Lipinski definition) is 6. The zero-order chi connectivity index (χ0) is 13.8. The van der Waals surface area contributed by atoms with Crippen molar-refractivity contribution in [1.82, 2.24) is 15.2 Å². The predicted molar refractivity (Wildman–Crippen MR) is 69.6 cm³/mol. The summed E-state index contributed by atoms with van der Waals surface area (Å²) in [6.07, 6.45) is 1.60. The summed E-state index contributed by atoms with van der Waals surface area (Å²) in [5, 5.41) is 4.88. The van der Waals surface area contributed by atoms with Gasteiger partial charge in [-0.05, 0) is 6.92 Å². The van der Waals surface area contributed by atoms with Crippen LogP contribution in [0.3, 0.4) is 0 Å². The number of amides is 3. The molecule has 1 fully saturated rings. The molecule has 7 nitrogen and oxygen atoms in total. The zero-order valence-corrected chi connectivity index (χ0v) is 11.4. The van der Waals surface area contributed by atoms with E-state index in [4.69, 9.17) is 10.5 Å². The van der Waals surface area contributed by atoms with Crippen molar-refractivity contribution < 1.29 is 14.3 Å². The summed E-state index contributed by atoms with van der Waals surface area (Å²) in [4.78, 5) is 28.6. The topological polar surface area (TPSA) is 97.5 Å². The smallest absolute Gasteiger partial charge is 0.318 e. The van der Waals surface area contributed by atoms with E-state index in [0.29, 0.717) is 19.7 Å². The second-order valence-corrected chi connectivity index (χ2v) is 5.18. The minimum atomic E-state index is -0.832. The van der Waals surface area contributed by atoms with Crippen LogP contribution < -0.4 is 11.1 Å². The van der Waals surface area contributed by atoms with Gasteiger partial charge in [-0.15, -0.1) is 11.3 Å². The molecule has 2 heterocycles. The third-order valence-electron chi connectivity index (χ3n) is 3.00. The van der Waals surface area contributed by atoms with Crippen LogP contribution in [0.25, 0.3) is 0 Å². The van der Waals surface area contributed by atoms with Crippen molar-refractivity contribution in [3.63, 3.8) is 0 Å². The molecule has 1 aromatic heterocycles. The lowest BCUT2D eigenvalue weighted by Gasteiger charge is -2.35. The second kappa shape index (κ2) is 6.09. The molecule has 1 aromatic rings. The maximum absolute atomic E-state index is 11.7. The molecule has 104 valence electrons. The summed E-state index contributed by atoms with van der Waals surface area (Å²) in [6, 6.07) is -1.26. The number of imide groups is 1. The Balaban J connectivity index is 1.97. The van der Waals surface area contributed by atoms with Gasteiger partial charge in [-0.1, -0.05) is 0 Å². The Labute approximate surface area is 114 Å². The summed E-state index contributed by atoms with van der Waals surface area (Å²) in [5.41, 5.74) is 4.94. The Bertz CT molecular complexity index is 451. The Hall–Kier alpha value is -1.51. The van der Waals surface area contributed by atoms with Crippen molar-refractivity contribution in [3.8, 4) is 0 Å². The second-order valence-electron chi connectivity index (χ2n) is 4.25. The Kier molecular flexibility index (Phi) is 4.46. The minimum absolute atomic E-state index is 0.127. The van der Waals surface area contributed by atoms with Gasteiger partial charge in [0.1, 0.15) is 11.1 Å². The van der Waals surface area contributed by atoms with Crippen LogP contribution in [0.4, 0.5) is 4.79 Å². The van der Waals surface area contributed by atoms with Crippen LogP contribution in [0.2, 0.25) is 0 Å². The van der Waals surface area contributed by atoms with Crippen molar-refractivity contribution in [2.75, 3.05) is 19.7 Å². The lowest BCUT2D eigenvalue weighted by Crippen LogP contribution is -2.52. The number of carbonyl (C=O) groups excluding carboxylic acids is 2. The van der Waals surface area contributed by atoms with Gasteiger partial charge in [-0.3, -0.25) is 15.0 Å². The summed E-state index contributed by atoms with van der Waals surface area (Å²) >= 11 is 1.52. The predicted octanol–water partition coefficient (Wildman–Crippen LogP) is 0.0998. The van der Waals surface area contributed by atoms with Gasteiger partial charge in [-0.2, -0.15) is 0 Å². The highest BCUT2D eigenvalue weighted by molar-refractivity contribution is 7.09. The number of morpholine rings is 1. The van der Waals surface area contributed by atoms with E-state index in [1.165, 1.54) is 11.3 Å².